The van der Waals surface area contributed by atoms with E-state index in [0.717, 1.165) is 7.11 Å². The van der Waals surface area contributed by atoms with Gasteiger partial charge in [0.2, 0.25) is 0 Å². The topological polar surface area (TPSA) is 39.2 Å². The van der Waals surface area contributed by atoms with Gasteiger partial charge in [-0.1, -0.05) is 0 Å². The Hall–Kier alpha value is -1.66. The molecular weight excluding hydrogens is 230 g/mol. The van der Waals surface area contributed by atoms with Crippen LogP contribution < -0.4 is 0 Å². The zero-order chi connectivity index (χ0) is 12.3. The van der Waals surface area contributed by atoms with Gasteiger partial charge in [-0.25, -0.2) is 22.5 Å². The van der Waals surface area contributed by atoms with Crippen molar-refractivity contribution in [3.63, 3.8) is 0 Å². The lowest BCUT2D eigenvalue weighted by Gasteiger charge is -2.05. The van der Waals surface area contributed by atoms with E-state index in [9.17, 15) is 22.4 Å². The second kappa shape index (κ2) is 4.91. The Bertz CT molecular complexity index is 409. The second-order valence-electron chi connectivity index (χ2n) is 2.84. The van der Waals surface area contributed by atoms with Gasteiger partial charge in [-0.15, -0.1) is 0 Å². The predicted molar refractivity (Wildman–Crippen MR) is 44.8 cm³/mol. The summed E-state index contributed by atoms with van der Waals surface area (Å²) < 4.78 is 54.5. The van der Waals surface area contributed by atoms with Crippen molar-refractivity contribution in [1.82, 2.24) is 4.98 Å². The standard InChI is InChI=1S/C9H7F4NO2/c1-16-7(15)3-5-8(11)4(10)2-6(14-5)9(12)13/h2,9H,3H2,1H3. The van der Waals surface area contributed by atoms with Crippen molar-refractivity contribution in [2.24, 2.45) is 0 Å². The van der Waals surface area contributed by atoms with Crippen molar-refractivity contribution < 1.29 is 27.1 Å². The summed E-state index contributed by atoms with van der Waals surface area (Å²) in [6, 6.07) is 0.292. The summed E-state index contributed by atoms with van der Waals surface area (Å²) in [4.78, 5) is 13.9. The number of aromatic nitrogens is 1. The number of nitrogens with zero attached hydrogens (tertiary/aromatic N) is 1. The molecule has 0 spiro atoms. The molecule has 0 fully saturated rings. The minimum absolute atomic E-state index is 0.292. The van der Waals surface area contributed by atoms with E-state index in [1.807, 2.05) is 0 Å². The molecule has 0 aliphatic carbocycles. The summed E-state index contributed by atoms with van der Waals surface area (Å²) in [6.45, 7) is 0. The molecule has 0 saturated carbocycles. The van der Waals surface area contributed by atoms with Crippen LogP contribution in [0.1, 0.15) is 17.8 Å². The maximum absolute atomic E-state index is 13.1. The molecule has 1 heterocycles. The van der Waals surface area contributed by atoms with E-state index in [4.69, 9.17) is 0 Å². The lowest BCUT2D eigenvalue weighted by Crippen LogP contribution is -2.11. The van der Waals surface area contributed by atoms with Crippen LogP contribution in [0.3, 0.4) is 0 Å². The fourth-order valence-corrected chi connectivity index (χ4v) is 1.01. The molecule has 0 radical (unpaired) electrons. The maximum Gasteiger partial charge on any atom is 0.311 e. The number of alkyl halides is 2. The monoisotopic (exact) mass is 237 g/mol. The molecule has 16 heavy (non-hydrogen) atoms. The average molecular weight is 237 g/mol. The fraction of sp³-hybridized carbons (Fsp3) is 0.333. The molecule has 0 aromatic carbocycles. The van der Waals surface area contributed by atoms with Gasteiger partial charge in [0.1, 0.15) is 5.69 Å². The Labute approximate surface area is 88.0 Å². The van der Waals surface area contributed by atoms with Crippen LogP contribution in [0.15, 0.2) is 6.07 Å². The molecule has 88 valence electrons. The summed E-state index contributed by atoms with van der Waals surface area (Å²) in [5, 5.41) is 0. The highest BCUT2D eigenvalue weighted by molar-refractivity contribution is 5.71. The third kappa shape index (κ3) is 2.68. The summed E-state index contributed by atoms with van der Waals surface area (Å²) in [6.07, 6.45) is -3.73. The molecule has 1 aromatic heterocycles. The summed E-state index contributed by atoms with van der Waals surface area (Å²) in [7, 11) is 1.04. The molecule has 1 aromatic rings. The number of carbonyl (C=O) groups is 1. The van der Waals surface area contributed by atoms with E-state index < -0.39 is 41.8 Å². The first-order valence-electron chi connectivity index (χ1n) is 4.15. The summed E-state index contributed by atoms with van der Waals surface area (Å²) in [5.74, 6) is -3.78. The van der Waals surface area contributed by atoms with E-state index in [1.165, 1.54) is 0 Å². The van der Waals surface area contributed by atoms with Crippen LogP contribution in [-0.2, 0) is 16.0 Å². The number of rotatable bonds is 3. The van der Waals surface area contributed by atoms with Gasteiger partial charge in [-0.3, -0.25) is 4.79 Å². The first-order valence-corrected chi connectivity index (χ1v) is 4.15. The third-order valence-corrected chi connectivity index (χ3v) is 1.76. The van der Waals surface area contributed by atoms with Crippen LogP contribution in [0.5, 0.6) is 0 Å². The van der Waals surface area contributed by atoms with Gasteiger partial charge in [0.15, 0.2) is 11.6 Å². The van der Waals surface area contributed by atoms with Crippen molar-refractivity contribution >= 4 is 5.97 Å². The van der Waals surface area contributed by atoms with Crippen LogP contribution in [-0.4, -0.2) is 18.1 Å². The van der Waals surface area contributed by atoms with Gasteiger partial charge in [0.25, 0.3) is 6.43 Å². The molecular formula is C9H7F4NO2. The number of methoxy groups -OCH3 is 1. The highest BCUT2D eigenvalue weighted by Gasteiger charge is 2.19. The number of carbonyl (C=O) groups excluding carboxylic acids is 1. The van der Waals surface area contributed by atoms with E-state index in [1.54, 1.807) is 0 Å². The number of halogens is 4. The largest absolute Gasteiger partial charge is 0.469 e. The van der Waals surface area contributed by atoms with Crippen molar-refractivity contribution in [2.75, 3.05) is 7.11 Å². The van der Waals surface area contributed by atoms with Gasteiger partial charge in [0, 0.05) is 6.07 Å². The number of esters is 1. The molecule has 0 aliphatic heterocycles. The third-order valence-electron chi connectivity index (χ3n) is 1.76. The van der Waals surface area contributed by atoms with E-state index in [2.05, 4.69) is 9.72 Å². The maximum atomic E-state index is 13.1. The molecule has 0 aliphatic rings. The Balaban J connectivity index is 3.11. The van der Waals surface area contributed by atoms with Gasteiger partial charge >= 0.3 is 5.97 Å². The Morgan fingerprint density at radius 2 is 2.12 bits per heavy atom. The molecule has 0 N–H and O–H groups in total. The molecule has 0 saturated heterocycles. The SMILES string of the molecule is COC(=O)Cc1nc(C(F)F)cc(F)c1F. The van der Waals surface area contributed by atoms with Crippen LogP contribution in [0.4, 0.5) is 17.6 Å². The summed E-state index contributed by atoms with van der Waals surface area (Å²) in [5.41, 5.74) is -1.61. The molecule has 0 atom stereocenters. The number of pyridine rings is 1. The van der Waals surface area contributed by atoms with Gasteiger partial charge in [-0.05, 0) is 0 Å². The van der Waals surface area contributed by atoms with Gasteiger partial charge in [-0.2, -0.15) is 0 Å². The highest BCUT2D eigenvalue weighted by Crippen LogP contribution is 2.20. The number of hydrogen-bond donors (Lipinski definition) is 0. The highest BCUT2D eigenvalue weighted by atomic mass is 19.3. The Morgan fingerprint density at radius 3 is 2.62 bits per heavy atom. The van der Waals surface area contributed by atoms with Gasteiger partial charge in [0.05, 0.1) is 19.2 Å². The lowest BCUT2D eigenvalue weighted by atomic mass is 10.2. The molecule has 0 unspecified atom stereocenters. The van der Waals surface area contributed by atoms with E-state index >= 15 is 0 Å². The normalized spacial score (nSPS) is 10.6. The van der Waals surface area contributed by atoms with Crippen molar-refractivity contribution in [3.8, 4) is 0 Å². The summed E-state index contributed by atoms with van der Waals surface area (Å²) >= 11 is 0. The quantitative estimate of drug-likeness (QED) is 0.596. The first kappa shape index (κ1) is 12.4. The molecule has 0 amide bonds. The Morgan fingerprint density at radius 1 is 1.50 bits per heavy atom. The van der Waals surface area contributed by atoms with Crippen molar-refractivity contribution in [3.05, 3.63) is 29.1 Å². The lowest BCUT2D eigenvalue weighted by molar-refractivity contribution is -0.139. The molecule has 3 nitrogen and oxygen atoms in total. The van der Waals surface area contributed by atoms with Crippen molar-refractivity contribution in [2.45, 2.75) is 12.8 Å². The average Bonchev–Trinajstić information content (AvgIpc) is 2.23. The minimum atomic E-state index is -3.04. The van der Waals surface area contributed by atoms with E-state index in [0.29, 0.717) is 6.07 Å². The predicted octanol–water partition coefficient (Wildman–Crippen LogP) is 2.01. The van der Waals surface area contributed by atoms with Crippen LogP contribution in [0.25, 0.3) is 0 Å². The zero-order valence-electron chi connectivity index (χ0n) is 8.14. The number of ether oxygens (including phenoxy) is 1. The van der Waals surface area contributed by atoms with E-state index in [-0.39, 0.29) is 0 Å². The Kier molecular flexibility index (Phi) is 3.81. The van der Waals surface area contributed by atoms with Crippen molar-refractivity contribution in [1.29, 1.82) is 0 Å². The zero-order valence-corrected chi connectivity index (χ0v) is 8.14. The molecule has 1 rings (SSSR count). The first-order chi connectivity index (χ1) is 7.45. The molecule has 7 heteroatoms. The minimum Gasteiger partial charge on any atom is -0.469 e. The fourth-order valence-electron chi connectivity index (χ4n) is 1.01. The van der Waals surface area contributed by atoms with Crippen LogP contribution in [0, 0.1) is 11.6 Å². The smallest absolute Gasteiger partial charge is 0.311 e. The number of hydrogen-bond acceptors (Lipinski definition) is 3. The molecule has 0 bridgehead atoms. The van der Waals surface area contributed by atoms with Crippen LogP contribution in [0.2, 0.25) is 0 Å². The second-order valence-corrected chi connectivity index (χ2v) is 2.84. The van der Waals surface area contributed by atoms with Crippen LogP contribution >= 0.6 is 0 Å². The van der Waals surface area contributed by atoms with Gasteiger partial charge < -0.3 is 4.74 Å².